The molecular formula is C20H20N4O3. The summed E-state index contributed by atoms with van der Waals surface area (Å²) >= 11 is 0. The van der Waals surface area contributed by atoms with Gasteiger partial charge in [-0.3, -0.25) is 4.79 Å². The Kier molecular flexibility index (Phi) is 4.84. The van der Waals surface area contributed by atoms with E-state index in [4.69, 9.17) is 9.47 Å². The third-order valence-electron chi connectivity index (χ3n) is 4.62. The average Bonchev–Trinajstić information content (AvgIpc) is 3.16. The van der Waals surface area contributed by atoms with Crippen molar-refractivity contribution < 1.29 is 14.3 Å². The molecule has 4 rings (SSSR count). The first-order valence-corrected chi connectivity index (χ1v) is 8.75. The number of hydrogen-bond donors (Lipinski definition) is 1. The van der Waals surface area contributed by atoms with Crippen LogP contribution in [0.2, 0.25) is 0 Å². The number of hydrogen-bond acceptors (Lipinski definition) is 5. The molecular weight excluding hydrogens is 344 g/mol. The van der Waals surface area contributed by atoms with Gasteiger partial charge in [0.25, 0.3) is 5.91 Å². The smallest absolute Gasteiger partial charge is 0.274 e. The Morgan fingerprint density at radius 2 is 2.00 bits per heavy atom. The van der Waals surface area contributed by atoms with Crippen molar-refractivity contribution in [2.24, 2.45) is 0 Å². The largest absolute Gasteiger partial charge is 0.496 e. The molecule has 0 unspecified atom stereocenters. The maximum Gasteiger partial charge on any atom is 0.274 e. The zero-order chi connectivity index (χ0) is 18.6. The Morgan fingerprint density at radius 3 is 2.81 bits per heavy atom. The highest BCUT2D eigenvalue weighted by Crippen LogP contribution is 2.26. The maximum absolute atomic E-state index is 12.6. The number of carbonyl (C=O) groups excluding carboxylic acids is 1. The van der Waals surface area contributed by atoms with Gasteiger partial charge in [0.05, 0.1) is 26.0 Å². The van der Waals surface area contributed by atoms with Gasteiger partial charge in [-0.1, -0.05) is 53.7 Å². The van der Waals surface area contributed by atoms with Crippen LogP contribution in [-0.4, -0.2) is 28.0 Å². The number of ether oxygens (including phenoxy) is 2. The summed E-state index contributed by atoms with van der Waals surface area (Å²) in [6.07, 6.45) is -0.0927. The normalized spacial score (nSPS) is 15.8. The molecule has 0 fully saturated rings. The number of amides is 1. The minimum Gasteiger partial charge on any atom is -0.496 e. The lowest BCUT2D eigenvalue weighted by atomic mass is 10.1. The first kappa shape index (κ1) is 17.2. The molecule has 1 aliphatic heterocycles. The van der Waals surface area contributed by atoms with E-state index in [0.717, 1.165) is 16.9 Å². The SMILES string of the molecule is COc1ccccc1CNC(=O)c1nnn2c1CO[C@H](c1ccccc1)C2. The van der Waals surface area contributed by atoms with Crippen molar-refractivity contribution in [2.45, 2.75) is 25.8 Å². The second-order valence-corrected chi connectivity index (χ2v) is 6.27. The lowest BCUT2D eigenvalue weighted by molar-refractivity contribution is -0.00177. The quantitative estimate of drug-likeness (QED) is 0.753. The zero-order valence-electron chi connectivity index (χ0n) is 15.0. The van der Waals surface area contributed by atoms with Crippen LogP contribution in [0.4, 0.5) is 0 Å². The standard InChI is InChI=1S/C20H20N4O3/c1-26-17-10-6-5-9-15(17)11-21-20(25)19-16-13-27-18(12-24(16)23-22-19)14-7-3-2-4-8-14/h2-10,18H,11-13H2,1H3,(H,21,25)/t18-/m0/s1. The van der Waals surface area contributed by atoms with Crippen LogP contribution in [0.3, 0.4) is 0 Å². The van der Waals surface area contributed by atoms with Crippen molar-refractivity contribution in [1.82, 2.24) is 20.3 Å². The molecule has 3 aromatic rings. The molecule has 1 amide bonds. The van der Waals surface area contributed by atoms with Crippen LogP contribution in [0, 0.1) is 0 Å². The van der Waals surface area contributed by atoms with Crippen LogP contribution in [-0.2, 0) is 24.4 Å². The highest BCUT2D eigenvalue weighted by molar-refractivity contribution is 5.93. The van der Waals surface area contributed by atoms with Gasteiger partial charge in [-0.2, -0.15) is 0 Å². The molecule has 138 valence electrons. The number of aromatic nitrogens is 3. The summed E-state index contributed by atoms with van der Waals surface area (Å²) in [5.74, 6) is 0.459. The van der Waals surface area contributed by atoms with Crippen molar-refractivity contribution in [3.05, 3.63) is 77.1 Å². The molecule has 2 heterocycles. The molecule has 0 bridgehead atoms. The summed E-state index contributed by atoms with van der Waals surface area (Å²) < 4.78 is 13.0. The minimum absolute atomic E-state index is 0.0927. The fourth-order valence-corrected chi connectivity index (χ4v) is 3.17. The first-order chi connectivity index (χ1) is 13.3. The van der Waals surface area contributed by atoms with Crippen molar-refractivity contribution >= 4 is 5.91 Å². The van der Waals surface area contributed by atoms with Crippen LogP contribution in [0.25, 0.3) is 0 Å². The lowest BCUT2D eigenvalue weighted by Gasteiger charge is -2.24. The molecule has 27 heavy (non-hydrogen) atoms. The van der Waals surface area contributed by atoms with Gasteiger partial charge in [0.2, 0.25) is 0 Å². The molecule has 1 N–H and O–H groups in total. The van der Waals surface area contributed by atoms with Gasteiger partial charge in [0.1, 0.15) is 11.9 Å². The zero-order valence-corrected chi connectivity index (χ0v) is 15.0. The van der Waals surface area contributed by atoms with Crippen LogP contribution in [0.15, 0.2) is 54.6 Å². The highest BCUT2D eigenvalue weighted by Gasteiger charge is 2.27. The molecule has 7 nitrogen and oxygen atoms in total. The van der Waals surface area contributed by atoms with E-state index in [1.165, 1.54) is 0 Å². The monoisotopic (exact) mass is 364 g/mol. The van der Waals surface area contributed by atoms with Crippen LogP contribution < -0.4 is 10.1 Å². The van der Waals surface area contributed by atoms with Gasteiger partial charge in [-0.25, -0.2) is 4.68 Å². The number of methoxy groups -OCH3 is 1. The number of rotatable bonds is 5. The van der Waals surface area contributed by atoms with Gasteiger partial charge in [-0.05, 0) is 11.6 Å². The number of fused-ring (bicyclic) bond motifs is 1. The third kappa shape index (κ3) is 3.54. The molecule has 0 aliphatic carbocycles. The summed E-state index contributed by atoms with van der Waals surface area (Å²) in [5.41, 5.74) is 2.98. The molecule has 1 aromatic heterocycles. The van der Waals surface area contributed by atoms with Crippen molar-refractivity contribution in [2.75, 3.05) is 7.11 Å². The van der Waals surface area contributed by atoms with E-state index in [9.17, 15) is 4.79 Å². The molecule has 1 atom stereocenters. The van der Waals surface area contributed by atoms with Gasteiger partial charge >= 0.3 is 0 Å². The van der Waals surface area contributed by atoms with Gasteiger partial charge in [0, 0.05) is 12.1 Å². The predicted molar refractivity (Wildman–Crippen MR) is 98.2 cm³/mol. The van der Waals surface area contributed by atoms with E-state index in [0.29, 0.717) is 31.1 Å². The fourth-order valence-electron chi connectivity index (χ4n) is 3.17. The van der Waals surface area contributed by atoms with Crippen molar-refractivity contribution in [3.63, 3.8) is 0 Å². The van der Waals surface area contributed by atoms with Crippen molar-refractivity contribution in [3.8, 4) is 5.75 Å². The second kappa shape index (κ2) is 7.59. The number of nitrogens with one attached hydrogen (secondary N) is 1. The Hall–Kier alpha value is -3.19. The number of para-hydroxylation sites is 1. The molecule has 0 saturated carbocycles. The molecule has 7 heteroatoms. The molecule has 0 radical (unpaired) electrons. The van der Waals surface area contributed by atoms with E-state index in [1.54, 1.807) is 11.8 Å². The number of nitrogens with zero attached hydrogens (tertiary/aromatic N) is 3. The van der Waals surface area contributed by atoms with E-state index in [2.05, 4.69) is 15.6 Å². The molecule has 2 aromatic carbocycles. The summed E-state index contributed by atoms with van der Waals surface area (Å²) in [6, 6.07) is 17.5. The molecule has 1 aliphatic rings. The first-order valence-electron chi connectivity index (χ1n) is 8.75. The highest BCUT2D eigenvalue weighted by atomic mass is 16.5. The summed E-state index contributed by atoms with van der Waals surface area (Å²) in [6.45, 7) is 1.18. The average molecular weight is 364 g/mol. The van der Waals surface area contributed by atoms with Gasteiger partial charge in [-0.15, -0.1) is 5.10 Å². The lowest BCUT2D eigenvalue weighted by Crippen LogP contribution is -2.27. The van der Waals surface area contributed by atoms with Crippen LogP contribution in [0.5, 0.6) is 5.75 Å². The summed E-state index contributed by atoms with van der Waals surface area (Å²) in [5, 5.41) is 11.1. The van der Waals surface area contributed by atoms with Crippen molar-refractivity contribution in [1.29, 1.82) is 0 Å². The third-order valence-corrected chi connectivity index (χ3v) is 4.62. The fraction of sp³-hybridized carbons (Fsp3) is 0.250. The van der Waals surface area contributed by atoms with E-state index in [-0.39, 0.29) is 12.0 Å². The van der Waals surface area contributed by atoms with E-state index >= 15 is 0 Å². The summed E-state index contributed by atoms with van der Waals surface area (Å²) in [7, 11) is 1.61. The minimum atomic E-state index is -0.274. The maximum atomic E-state index is 12.6. The Morgan fingerprint density at radius 1 is 1.22 bits per heavy atom. The van der Waals surface area contributed by atoms with Crippen LogP contribution in [0.1, 0.15) is 33.4 Å². The van der Waals surface area contributed by atoms with Crippen LogP contribution >= 0.6 is 0 Å². The van der Waals surface area contributed by atoms with E-state index in [1.807, 2.05) is 54.6 Å². The Bertz CT molecular complexity index is 939. The van der Waals surface area contributed by atoms with Gasteiger partial charge in [0.15, 0.2) is 5.69 Å². The second-order valence-electron chi connectivity index (χ2n) is 6.27. The Labute approximate surface area is 156 Å². The molecule has 0 saturated heterocycles. The van der Waals surface area contributed by atoms with Gasteiger partial charge < -0.3 is 14.8 Å². The number of benzene rings is 2. The number of carbonyl (C=O) groups is 1. The van der Waals surface area contributed by atoms with E-state index < -0.39 is 0 Å². The summed E-state index contributed by atoms with van der Waals surface area (Å²) in [4.78, 5) is 12.6. The Balaban J connectivity index is 1.45. The predicted octanol–water partition coefficient (Wildman–Crippen LogP) is 2.49. The topological polar surface area (TPSA) is 78.3 Å². The molecule has 0 spiro atoms.